The van der Waals surface area contributed by atoms with Crippen LogP contribution in [0.3, 0.4) is 0 Å². The largest absolute Gasteiger partial charge is 0.350 e. The van der Waals surface area contributed by atoms with Crippen molar-refractivity contribution in [2.24, 2.45) is 10.8 Å². The Morgan fingerprint density at radius 1 is 1.14 bits per heavy atom. The molecule has 1 aromatic heterocycles. The molecule has 0 aliphatic heterocycles. The highest BCUT2D eigenvalue weighted by Gasteiger charge is 2.06. The van der Waals surface area contributed by atoms with E-state index in [-0.39, 0.29) is 0 Å². The average molecular weight is 292 g/mol. The van der Waals surface area contributed by atoms with Crippen LogP contribution < -0.4 is 11.2 Å². The van der Waals surface area contributed by atoms with Gasteiger partial charge in [-0.1, -0.05) is 48.5 Å². The fourth-order valence-electron chi connectivity index (χ4n) is 2.45. The summed E-state index contributed by atoms with van der Waals surface area (Å²) in [5, 5.41) is 4.93. The Morgan fingerprint density at radius 3 is 2.64 bits per heavy atom. The van der Waals surface area contributed by atoms with Crippen molar-refractivity contribution in [3.8, 4) is 0 Å². The van der Waals surface area contributed by atoms with Crippen LogP contribution in [0.1, 0.15) is 11.1 Å². The summed E-state index contributed by atoms with van der Waals surface area (Å²) in [6.45, 7) is 0.776. The molecule has 1 heterocycles. The first-order valence-corrected chi connectivity index (χ1v) is 6.94. The van der Waals surface area contributed by atoms with Crippen molar-refractivity contribution in [2.75, 3.05) is 0 Å². The smallest absolute Gasteiger partial charge is 0.332 e. The van der Waals surface area contributed by atoms with Gasteiger partial charge in [-0.15, -0.1) is 0 Å². The Morgan fingerprint density at radius 2 is 1.86 bits per heavy atom. The fraction of sp³-hybridized carbons (Fsp3) is 0.0588. The molecule has 0 fully saturated rings. The number of fused-ring (bicyclic) bond motifs is 1. The summed E-state index contributed by atoms with van der Waals surface area (Å²) in [4.78, 5) is 10.7. The van der Waals surface area contributed by atoms with Crippen LogP contribution in [0.15, 0.2) is 65.9 Å². The number of hydrogen-bond donors (Lipinski definition) is 2. The summed E-state index contributed by atoms with van der Waals surface area (Å²) in [6.07, 6.45) is 3.62. The third kappa shape index (κ3) is 2.98. The van der Waals surface area contributed by atoms with Gasteiger partial charge in [-0.25, -0.2) is 10.2 Å². The SMILES string of the molecule is NC(=O)N/N=C/c1cn(Cc2ccccc2)c2ccccc12. The van der Waals surface area contributed by atoms with E-state index in [9.17, 15) is 4.79 Å². The Bertz CT molecular complexity index is 821. The van der Waals surface area contributed by atoms with Crippen LogP contribution in [0.2, 0.25) is 0 Å². The summed E-state index contributed by atoms with van der Waals surface area (Å²) >= 11 is 0. The van der Waals surface area contributed by atoms with Gasteiger partial charge < -0.3 is 10.3 Å². The molecule has 0 atom stereocenters. The molecule has 0 bridgehead atoms. The standard InChI is InChI=1S/C17H16N4O/c18-17(22)20-19-10-14-12-21(11-13-6-2-1-3-7-13)16-9-5-4-8-15(14)16/h1-10,12H,11H2,(H3,18,20,22)/b19-10+. The zero-order chi connectivity index (χ0) is 15.4. The van der Waals surface area contributed by atoms with Crippen molar-refractivity contribution in [1.82, 2.24) is 9.99 Å². The number of primary amides is 1. The predicted octanol–water partition coefficient (Wildman–Crippen LogP) is 2.69. The molecule has 2 aromatic carbocycles. The highest BCUT2D eigenvalue weighted by molar-refractivity contribution is 5.99. The predicted molar refractivity (Wildman–Crippen MR) is 87.8 cm³/mol. The number of carbonyl (C=O) groups excluding carboxylic acids is 1. The van der Waals surface area contributed by atoms with Gasteiger partial charge in [0.1, 0.15) is 0 Å². The van der Waals surface area contributed by atoms with E-state index in [1.807, 2.05) is 42.6 Å². The third-order valence-electron chi connectivity index (χ3n) is 3.39. The number of benzene rings is 2. The Hall–Kier alpha value is -3.08. The monoisotopic (exact) mass is 292 g/mol. The Kier molecular flexibility index (Phi) is 3.87. The van der Waals surface area contributed by atoms with Crippen LogP contribution in [0.5, 0.6) is 0 Å². The highest BCUT2D eigenvalue weighted by Crippen LogP contribution is 2.21. The van der Waals surface area contributed by atoms with Gasteiger partial charge in [0.15, 0.2) is 0 Å². The number of aromatic nitrogens is 1. The van der Waals surface area contributed by atoms with E-state index in [0.29, 0.717) is 0 Å². The number of carbonyl (C=O) groups is 1. The number of nitrogens with one attached hydrogen (secondary N) is 1. The van der Waals surface area contributed by atoms with E-state index < -0.39 is 6.03 Å². The van der Waals surface area contributed by atoms with Crippen LogP contribution in [0.4, 0.5) is 4.79 Å². The summed E-state index contributed by atoms with van der Waals surface area (Å²) in [7, 11) is 0. The molecule has 3 aromatic rings. The van der Waals surface area contributed by atoms with Gasteiger partial charge >= 0.3 is 6.03 Å². The topological polar surface area (TPSA) is 72.4 Å². The normalized spacial score (nSPS) is 11.1. The maximum Gasteiger partial charge on any atom is 0.332 e. The van der Waals surface area contributed by atoms with Crippen molar-refractivity contribution in [1.29, 1.82) is 0 Å². The molecule has 2 amide bonds. The molecule has 5 heteroatoms. The lowest BCUT2D eigenvalue weighted by Crippen LogP contribution is -2.24. The molecular formula is C17H16N4O. The minimum Gasteiger partial charge on any atom is -0.350 e. The number of amides is 2. The van der Waals surface area contributed by atoms with Gasteiger partial charge in [-0.3, -0.25) is 0 Å². The van der Waals surface area contributed by atoms with Gasteiger partial charge in [-0.05, 0) is 11.6 Å². The molecule has 0 spiro atoms. The van der Waals surface area contributed by atoms with Crippen molar-refractivity contribution >= 4 is 23.1 Å². The van der Waals surface area contributed by atoms with Gasteiger partial charge in [0, 0.05) is 29.2 Å². The second kappa shape index (κ2) is 6.13. The summed E-state index contributed by atoms with van der Waals surface area (Å²) in [5.41, 5.74) is 10.5. The van der Waals surface area contributed by atoms with E-state index in [1.54, 1.807) is 6.21 Å². The molecule has 0 unspecified atom stereocenters. The number of urea groups is 1. The minimum atomic E-state index is -0.677. The van der Waals surface area contributed by atoms with Gasteiger partial charge in [-0.2, -0.15) is 5.10 Å². The van der Waals surface area contributed by atoms with Gasteiger partial charge in [0.05, 0.1) is 6.21 Å². The van der Waals surface area contributed by atoms with Crippen LogP contribution >= 0.6 is 0 Å². The second-order valence-electron chi connectivity index (χ2n) is 4.95. The second-order valence-corrected chi connectivity index (χ2v) is 4.95. The number of hydrogen-bond acceptors (Lipinski definition) is 2. The van der Waals surface area contributed by atoms with E-state index in [4.69, 9.17) is 5.73 Å². The van der Waals surface area contributed by atoms with Crippen molar-refractivity contribution in [2.45, 2.75) is 6.54 Å². The van der Waals surface area contributed by atoms with Crippen LogP contribution in [-0.2, 0) is 6.54 Å². The zero-order valence-corrected chi connectivity index (χ0v) is 11.9. The van der Waals surface area contributed by atoms with E-state index in [1.165, 1.54) is 5.56 Å². The van der Waals surface area contributed by atoms with Crippen molar-refractivity contribution in [3.05, 3.63) is 71.9 Å². The molecule has 110 valence electrons. The molecule has 0 aliphatic carbocycles. The lowest BCUT2D eigenvalue weighted by Gasteiger charge is -2.05. The number of para-hydroxylation sites is 1. The fourth-order valence-corrected chi connectivity index (χ4v) is 2.45. The van der Waals surface area contributed by atoms with E-state index in [2.05, 4.69) is 33.3 Å². The molecule has 5 nitrogen and oxygen atoms in total. The summed E-state index contributed by atoms with van der Waals surface area (Å²) in [5.74, 6) is 0. The third-order valence-corrected chi connectivity index (χ3v) is 3.39. The first kappa shape index (κ1) is 13.9. The molecule has 3 N–H and O–H groups in total. The molecular weight excluding hydrogens is 276 g/mol. The summed E-state index contributed by atoms with van der Waals surface area (Å²) < 4.78 is 2.16. The minimum absolute atomic E-state index is 0.677. The van der Waals surface area contributed by atoms with Crippen molar-refractivity contribution in [3.63, 3.8) is 0 Å². The number of rotatable bonds is 4. The molecule has 0 aliphatic rings. The highest BCUT2D eigenvalue weighted by atomic mass is 16.2. The lowest BCUT2D eigenvalue weighted by molar-refractivity contribution is 0.249. The van der Waals surface area contributed by atoms with E-state index >= 15 is 0 Å². The van der Waals surface area contributed by atoms with Crippen LogP contribution in [0.25, 0.3) is 10.9 Å². The number of hydrazone groups is 1. The first-order chi connectivity index (χ1) is 10.7. The summed E-state index contributed by atoms with van der Waals surface area (Å²) in [6, 6.07) is 17.7. The molecule has 3 rings (SSSR count). The van der Waals surface area contributed by atoms with E-state index in [0.717, 1.165) is 23.0 Å². The Labute approximate surface area is 128 Å². The Balaban J connectivity index is 1.97. The number of nitrogens with zero attached hydrogens (tertiary/aromatic N) is 2. The van der Waals surface area contributed by atoms with Crippen LogP contribution in [-0.4, -0.2) is 16.8 Å². The zero-order valence-electron chi connectivity index (χ0n) is 11.9. The quantitative estimate of drug-likeness (QED) is 0.563. The lowest BCUT2D eigenvalue weighted by atomic mass is 10.2. The van der Waals surface area contributed by atoms with Crippen molar-refractivity contribution < 1.29 is 4.79 Å². The van der Waals surface area contributed by atoms with Gasteiger partial charge in [0.2, 0.25) is 0 Å². The maximum absolute atomic E-state index is 10.7. The van der Waals surface area contributed by atoms with Crippen LogP contribution in [0, 0.1) is 0 Å². The number of nitrogens with two attached hydrogens (primary N) is 1. The van der Waals surface area contributed by atoms with Gasteiger partial charge in [0.25, 0.3) is 0 Å². The molecule has 22 heavy (non-hydrogen) atoms. The maximum atomic E-state index is 10.7. The average Bonchev–Trinajstić information content (AvgIpc) is 2.86. The first-order valence-electron chi connectivity index (χ1n) is 6.94. The molecule has 0 saturated carbocycles. The molecule has 0 radical (unpaired) electrons. The molecule has 0 saturated heterocycles.